The van der Waals surface area contributed by atoms with Crippen LogP contribution in [0.2, 0.25) is 0 Å². The zero-order valence-electron chi connectivity index (χ0n) is 16.9. The molecule has 2 rings (SSSR count). The van der Waals surface area contributed by atoms with Gasteiger partial charge in [-0.05, 0) is 49.1 Å². The molecular weight excluding hydrogens is 360 g/mol. The SMILES string of the molecule is COC(=O)c1ccc(OC)c(NC(=O)c2c(C)ccn(CCC(C)C)c2=O)c1. The summed E-state index contributed by atoms with van der Waals surface area (Å²) in [4.78, 5) is 37.4. The molecule has 0 aliphatic rings. The minimum absolute atomic E-state index is 0.0665. The van der Waals surface area contributed by atoms with Gasteiger partial charge in [0.05, 0.1) is 25.5 Å². The molecule has 7 heteroatoms. The van der Waals surface area contributed by atoms with Gasteiger partial charge in [-0.25, -0.2) is 4.79 Å². The first kappa shape index (κ1) is 21.2. The Labute approximate surface area is 164 Å². The van der Waals surface area contributed by atoms with Crippen LogP contribution in [0.15, 0.2) is 35.3 Å². The number of carbonyl (C=O) groups excluding carboxylic acids is 2. The van der Waals surface area contributed by atoms with E-state index >= 15 is 0 Å². The Hall–Kier alpha value is -3.09. The fourth-order valence-electron chi connectivity index (χ4n) is 2.75. The second kappa shape index (κ2) is 9.21. The Morgan fingerprint density at radius 3 is 2.50 bits per heavy atom. The van der Waals surface area contributed by atoms with Gasteiger partial charge < -0.3 is 19.4 Å². The van der Waals surface area contributed by atoms with Crippen molar-refractivity contribution >= 4 is 17.6 Å². The van der Waals surface area contributed by atoms with Crippen LogP contribution < -0.4 is 15.6 Å². The highest BCUT2D eigenvalue weighted by atomic mass is 16.5. The van der Waals surface area contributed by atoms with Crippen LogP contribution in [0.4, 0.5) is 5.69 Å². The molecule has 1 heterocycles. The third-order valence-electron chi connectivity index (χ3n) is 4.42. The maximum atomic E-state index is 12.9. The monoisotopic (exact) mass is 386 g/mol. The number of rotatable bonds is 7. The minimum atomic E-state index is -0.554. The number of amides is 1. The third kappa shape index (κ3) is 4.79. The number of pyridine rings is 1. The van der Waals surface area contributed by atoms with Crippen LogP contribution in [0.5, 0.6) is 5.75 Å². The van der Waals surface area contributed by atoms with Crippen molar-refractivity contribution in [1.82, 2.24) is 4.57 Å². The molecule has 0 radical (unpaired) electrons. The molecule has 0 aliphatic carbocycles. The quantitative estimate of drug-likeness (QED) is 0.738. The molecule has 0 unspecified atom stereocenters. The lowest BCUT2D eigenvalue weighted by molar-refractivity contribution is 0.0600. The number of nitrogens with one attached hydrogen (secondary N) is 1. The van der Waals surface area contributed by atoms with Gasteiger partial charge in [0.15, 0.2) is 0 Å². The molecule has 0 atom stereocenters. The van der Waals surface area contributed by atoms with Gasteiger partial charge in [0, 0.05) is 12.7 Å². The predicted molar refractivity (Wildman–Crippen MR) is 107 cm³/mol. The molecule has 0 spiro atoms. The summed E-state index contributed by atoms with van der Waals surface area (Å²) in [6.45, 7) is 6.41. The van der Waals surface area contributed by atoms with Crippen molar-refractivity contribution in [3.63, 3.8) is 0 Å². The van der Waals surface area contributed by atoms with Crippen molar-refractivity contribution < 1.29 is 19.1 Å². The molecule has 1 aromatic carbocycles. The van der Waals surface area contributed by atoms with E-state index in [1.165, 1.54) is 26.4 Å². The molecule has 0 fully saturated rings. The van der Waals surface area contributed by atoms with Gasteiger partial charge >= 0.3 is 5.97 Å². The van der Waals surface area contributed by atoms with Gasteiger partial charge in [0.25, 0.3) is 11.5 Å². The molecule has 7 nitrogen and oxygen atoms in total. The van der Waals surface area contributed by atoms with Crippen LogP contribution in [0.3, 0.4) is 0 Å². The summed E-state index contributed by atoms with van der Waals surface area (Å²) in [6, 6.07) is 6.30. The molecule has 150 valence electrons. The molecule has 1 amide bonds. The first-order chi connectivity index (χ1) is 13.3. The zero-order chi connectivity index (χ0) is 20.8. The molecule has 0 aliphatic heterocycles. The van der Waals surface area contributed by atoms with Gasteiger partial charge in [-0.15, -0.1) is 0 Å². The van der Waals surface area contributed by atoms with Crippen molar-refractivity contribution in [2.75, 3.05) is 19.5 Å². The molecule has 1 N–H and O–H groups in total. The summed E-state index contributed by atoms with van der Waals surface area (Å²) in [7, 11) is 2.73. The molecule has 0 bridgehead atoms. The number of hydrogen-bond acceptors (Lipinski definition) is 5. The van der Waals surface area contributed by atoms with Crippen molar-refractivity contribution in [3.8, 4) is 5.75 Å². The maximum absolute atomic E-state index is 12.9. The van der Waals surface area contributed by atoms with E-state index in [9.17, 15) is 14.4 Å². The van der Waals surface area contributed by atoms with E-state index in [1.54, 1.807) is 29.8 Å². The van der Waals surface area contributed by atoms with Crippen LogP contribution in [-0.4, -0.2) is 30.7 Å². The lowest BCUT2D eigenvalue weighted by atomic mass is 10.1. The largest absolute Gasteiger partial charge is 0.495 e. The van der Waals surface area contributed by atoms with E-state index in [-0.39, 0.29) is 22.4 Å². The first-order valence-corrected chi connectivity index (χ1v) is 9.06. The van der Waals surface area contributed by atoms with Crippen LogP contribution >= 0.6 is 0 Å². The Morgan fingerprint density at radius 2 is 1.89 bits per heavy atom. The van der Waals surface area contributed by atoms with Gasteiger partial charge in [0.1, 0.15) is 11.3 Å². The normalized spacial score (nSPS) is 10.6. The summed E-state index contributed by atoms with van der Waals surface area (Å²) < 4.78 is 11.5. The third-order valence-corrected chi connectivity index (χ3v) is 4.42. The zero-order valence-corrected chi connectivity index (χ0v) is 16.9. The summed E-state index contributed by atoms with van der Waals surface area (Å²) >= 11 is 0. The maximum Gasteiger partial charge on any atom is 0.337 e. The lowest BCUT2D eigenvalue weighted by Gasteiger charge is -2.14. The fraction of sp³-hybridized carbons (Fsp3) is 0.381. The number of ether oxygens (including phenoxy) is 2. The van der Waals surface area contributed by atoms with Crippen LogP contribution in [0, 0.1) is 12.8 Å². The average molecular weight is 386 g/mol. The summed E-state index contributed by atoms with van der Waals surface area (Å²) in [5, 5.41) is 2.69. The molecule has 0 saturated carbocycles. The highest BCUT2D eigenvalue weighted by molar-refractivity contribution is 6.06. The molecular formula is C21H26N2O5. The standard InChI is InChI=1S/C21H26N2O5/c1-13(2)8-10-23-11-9-14(3)18(20(23)25)19(24)22-16-12-15(21(26)28-5)6-7-17(16)27-4/h6-7,9,11-13H,8,10H2,1-5H3,(H,22,24). The van der Waals surface area contributed by atoms with Gasteiger partial charge in [0.2, 0.25) is 0 Å². The number of hydrogen-bond donors (Lipinski definition) is 1. The van der Waals surface area contributed by atoms with E-state index in [0.717, 1.165) is 6.42 Å². The van der Waals surface area contributed by atoms with Gasteiger partial charge in [-0.3, -0.25) is 9.59 Å². The number of carbonyl (C=O) groups is 2. The van der Waals surface area contributed by atoms with Crippen molar-refractivity contribution in [1.29, 1.82) is 0 Å². The van der Waals surface area contributed by atoms with Gasteiger partial charge in [-0.1, -0.05) is 13.8 Å². The first-order valence-electron chi connectivity index (χ1n) is 9.06. The minimum Gasteiger partial charge on any atom is -0.495 e. The van der Waals surface area contributed by atoms with Crippen LogP contribution in [0.1, 0.15) is 46.5 Å². The number of methoxy groups -OCH3 is 2. The predicted octanol–water partition coefficient (Wildman–Crippen LogP) is 3.25. The Bertz CT molecular complexity index is 931. The Balaban J connectivity index is 2.38. The number of aromatic nitrogens is 1. The molecule has 2 aromatic rings. The number of aryl methyl sites for hydroxylation is 2. The molecule has 28 heavy (non-hydrogen) atoms. The van der Waals surface area contributed by atoms with E-state index in [0.29, 0.717) is 23.8 Å². The van der Waals surface area contributed by atoms with Gasteiger partial charge in [-0.2, -0.15) is 0 Å². The van der Waals surface area contributed by atoms with Crippen molar-refractivity contribution in [3.05, 3.63) is 57.5 Å². The van der Waals surface area contributed by atoms with E-state index in [4.69, 9.17) is 9.47 Å². The van der Waals surface area contributed by atoms with E-state index < -0.39 is 11.9 Å². The number of anilines is 1. The second-order valence-electron chi connectivity index (χ2n) is 6.92. The van der Waals surface area contributed by atoms with Crippen molar-refractivity contribution in [2.24, 2.45) is 5.92 Å². The summed E-state index contributed by atoms with van der Waals surface area (Å²) in [6.07, 6.45) is 2.54. The second-order valence-corrected chi connectivity index (χ2v) is 6.92. The molecule has 1 aromatic heterocycles. The topological polar surface area (TPSA) is 86.6 Å². The fourth-order valence-corrected chi connectivity index (χ4v) is 2.75. The van der Waals surface area contributed by atoms with Crippen molar-refractivity contribution in [2.45, 2.75) is 33.7 Å². The number of esters is 1. The summed E-state index contributed by atoms with van der Waals surface area (Å²) in [5.41, 5.74) is 0.842. The Kier molecular flexibility index (Phi) is 6.98. The average Bonchev–Trinajstić information content (AvgIpc) is 2.66. The highest BCUT2D eigenvalue weighted by Crippen LogP contribution is 2.26. The molecule has 0 saturated heterocycles. The smallest absolute Gasteiger partial charge is 0.337 e. The number of nitrogens with zero attached hydrogens (tertiary/aromatic N) is 1. The summed E-state index contributed by atoms with van der Waals surface area (Å²) in [5.74, 6) is -0.280. The number of benzene rings is 1. The van der Waals surface area contributed by atoms with E-state index in [2.05, 4.69) is 19.2 Å². The Morgan fingerprint density at radius 1 is 1.18 bits per heavy atom. The van der Waals surface area contributed by atoms with E-state index in [1.807, 2.05) is 0 Å². The van der Waals surface area contributed by atoms with Crippen LogP contribution in [0.25, 0.3) is 0 Å². The lowest BCUT2D eigenvalue weighted by Crippen LogP contribution is -2.30. The highest BCUT2D eigenvalue weighted by Gasteiger charge is 2.19. The van der Waals surface area contributed by atoms with Crippen LogP contribution in [-0.2, 0) is 11.3 Å².